The van der Waals surface area contributed by atoms with E-state index in [-0.39, 0.29) is 18.2 Å². The van der Waals surface area contributed by atoms with Crippen LogP contribution < -0.4 is 10.6 Å². The van der Waals surface area contributed by atoms with E-state index in [9.17, 15) is 9.59 Å². The quantitative estimate of drug-likeness (QED) is 0.380. The molecule has 0 fully saturated rings. The number of rotatable bonds is 14. The van der Waals surface area contributed by atoms with Crippen molar-refractivity contribution >= 4 is 11.8 Å². The second-order valence-electron chi connectivity index (χ2n) is 5.71. The highest BCUT2D eigenvalue weighted by atomic mass is 16.2. The molecule has 2 amide bonds. The van der Waals surface area contributed by atoms with E-state index in [1.165, 1.54) is 38.5 Å². The van der Waals surface area contributed by atoms with Crippen molar-refractivity contribution in [2.45, 2.75) is 84.5 Å². The fraction of sp³-hybridized carbons (Fsp3) is 0.882. The fourth-order valence-corrected chi connectivity index (χ4v) is 2.18. The molecule has 124 valence electrons. The topological polar surface area (TPSA) is 58.2 Å². The number of unbranched alkanes of at least 4 members (excludes halogenated alkanes) is 8. The van der Waals surface area contributed by atoms with Gasteiger partial charge in [-0.05, 0) is 12.8 Å². The van der Waals surface area contributed by atoms with Crippen LogP contribution in [0.4, 0.5) is 0 Å². The molecule has 2 N–H and O–H groups in total. The van der Waals surface area contributed by atoms with Crippen LogP contribution in [-0.2, 0) is 9.59 Å². The average Bonchev–Trinajstić information content (AvgIpc) is 2.46. The maximum Gasteiger partial charge on any atom is 0.229 e. The van der Waals surface area contributed by atoms with Crippen molar-refractivity contribution in [2.24, 2.45) is 0 Å². The molecule has 0 radical (unpaired) electrons. The van der Waals surface area contributed by atoms with Crippen LogP contribution in [0.1, 0.15) is 84.5 Å². The second-order valence-corrected chi connectivity index (χ2v) is 5.71. The summed E-state index contributed by atoms with van der Waals surface area (Å²) in [6.07, 6.45) is 11.7. The van der Waals surface area contributed by atoms with Crippen molar-refractivity contribution in [3.63, 3.8) is 0 Å². The molecule has 0 atom stereocenters. The van der Waals surface area contributed by atoms with Gasteiger partial charge in [0.15, 0.2) is 0 Å². The van der Waals surface area contributed by atoms with Crippen molar-refractivity contribution in [3.8, 4) is 0 Å². The van der Waals surface area contributed by atoms with Gasteiger partial charge >= 0.3 is 0 Å². The van der Waals surface area contributed by atoms with Gasteiger partial charge in [-0.1, -0.05) is 65.2 Å². The highest BCUT2D eigenvalue weighted by Crippen LogP contribution is 2.02. The van der Waals surface area contributed by atoms with Crippen LogP contribution in [0.3, 0.4) is 0 Å². The summed E-state index contributed by atoms with van der Waals surface area (Å²) in [5, 5.41) is 5.62. The maximum atomic E-state index is 11.5. The minimum absolute atomic E-state index is 0.0378. The SMILES string of the molecule is CCCCCCCNC(=O)CC(=O)NCCCCCCC. The van der Waals surface area contributed by atoms with Crippen molar-refractivity contribution in [3.05, 3.63) is 0 Å². The Morgan fingerprint density at radius 2 is 1.00 bits per heavy atom. The van der Waals surface area contributed by atoms with E-state index in [1.54, 1.807) is 0 Å². The molecule has 0 aromatic carbocycles. The Bertz CT molecular complexity index is 242. The summed E-state index contributed by atoms with van der Waals surface area (Å²) >= 11 is 0. The molecule has 0 aromatic heterocycles. The summed E-state index contributed by atoms with van der Waals surface area (Å²) < 4.78 is 0. The van der Waals surface area contributed by atoms with Gasteiger partial charge in [-0.2, -0.15) is 0 Å². The molecule has 0 bridgehead atoms. The third-order valence-corrected chi connectivity index (χ3v) is 3.53. The first-order valence-corrected chi connectivity index (χ1v) is 8.74. The Balaban J connectivity index is 3.38. The van der Waals surface area contributed by atoms with Gasteiger partial charge in [-0.25, -0.2) is 0 Å². The van der Waals surface area contributed by atoms with Gasteiger partial charge in [0, 0.05) is 13.1 Å². The molecular formula is C17H34N2O2. The zero-order chi connectivity index (χ0) is 15.8. The van der Waals surface area contributed by atoms with Gasteiger partial charge in [-0.15, -0.1) is 0 Å². The van der Waals surface area contributed by atoms with Crippen LogP contribution in [0.25, 0.3) is 0 Å². The largest absolute Gasteiger partial charge is 0.356 e. The number of hydrogen-bond acceptors (Lipinski definition) is 2. The number of amides is 2. The van der Waals surface area contributed by atoms with Gasteiger partial charge in [0.25, 0.3) is 0 Å². The van der Waals surface area contributed by atoms with Crippen LogP contribution in [-0.4, -0.2) is 24.9 Å². The van der Waals surface area contributed by atoms with E-state index < -0.39 is 0 Å². The number of nitrogens with one attached hydrogen (secondary N) is 2. The summed E-state index contributed by atoms with van der Waals surface area (Å²) in [6, 6.07) is 0. The first-order valence-electron chi connectivity index (χ1n) is 8.74. The number of carbonyl (C=O) groups is 2. The van der Waals surface area contributed by atoms with Gasteiger partial charge in [-0.3, -0.25) is 9.59 Å². The average molecular weight is 298 g/mol. The highest BCUT2D eigenvalue weighted by molar-refractivity contribution is 5.96. The zero-order valence-electron chi connectivity index (χ0n) is 14.0. The van der Waals surface area contributed by atoms with Gasteiger partial charge in [0.05, 0.1) is 0 Å². The maximum absolute atomic E-state index is 11.5. The molecule has 0 spiro atoms. The molecule has 0 saturated heterocycles. The Hall–Kier alpha value is -1.06. The molecule has 4 nitrogen and oxygen atoms in total. The summed E-state index contributed by atoms with van der Waals surface area (Å²) in [5.74, 6) is -0.317. The minimum atomic E-state index is -0.158. The smallest absolute Gasteiger partial charge is 0.229 e. The van der Waals surface area contributed by atoms with Gasteiger partial charge in [0.2, 0.25) is 11.8 Å². The van der Waals surface area contributed by atoms with E-state index in [4.69, 9.17) is 0 Å². The lowest BCUT2D eigenvalue weighted by Crippen LogP contribution is -2.32. The molecule has 21 heavy (non-hydrogen) atoms. The molecule has 0 rings (SSSR count). The molecular weight excluding hydrogens is 264 g/mol. The van der Waals surface area contributed by atoms with Crippen LogP contribution in [0, 0.1) is 0 Å². The van der Waals surface area contributed by atoms with Crippen molar-refractivity contribution in [2.75, 3.05) is 13.1 Å². The molecule has 0 saturated carbocycles. The molecule has 0 unspecified atom stereocenters. The predicted octanol–water partition coefficient (Wildman–Crippen LogP) is 3.55. The lowest BCUT2D eigenvalue weighted by Gasteiger charge is -2.06. The normalized spacial score (nSPS) is 10.4. The first-order chi connectivity index (χ1) is 10.2. The van der Waals surface area contributed by atoms with E-state index in [0.717, 1.165) is 25.7 Å². The number of carbonyl (C=O) groups excluding carboxylic acids is 2. The zero-order valence-corrected chi connectivity index (χ0v) is 14.0. The standard InChI is InChI=1S/C17H34N2O2/c1-3-5-7-9-11-13-18-16(20)15-17(21)19-14-12-10-8-6-4-2/h3-15H2,1-2H3,(H,18,20)(H,19,21). The first kappa shape index (κ1) is 19.9. The summed E-state index contributed by atoms with van der Waals surface area (Å²) in [6.45, 7) is 5.74. The molecule has 0 aliphatic carbocycles. The van der Waals surface area contributed by atoms with E-state index >= 15 is 0 Å². The molecule has 0 aliphatic rings. The second kappa shape index (κ2) is 15.3. The Morgan fingerprint density at radius 3 is 1.38 bits per heavy atom. The fourth-order valence-electron chi connectivity index (χ4n) is 2.18. The van der Waals surface area contributed by atoms with E-state index in [0.29, 0.717) is 13.1 Å². The van der Waals surface area contributed by atoms with Crippen molar-refractivity contribution in [1.29, 1.82) is 0 Å². The third-order valence-electron chi connectivity index (χ3n) is 3.53. The minimum Gasteiger partial charge on any atom is -0.356 e. The van der Waals surface area contributed by atoms with Crippen LogP contribution in [0.5, 0.6) is 0 Å². The van der Waals surface area contributed by atoms with Crippen molar-refractivity contribution < 1.29 is 9.59 Å². The van der Waals surface area contributed by atoms with Crippen molar-refractivity contribution in [1.82, 2.24) is 10.6 Å². The summed E-state index contributed by atoms with van der Waals surface area (Å²) in [7, 11) is 0. The van der Waals surface area contributed by atoms with Crippen LogP contribution in [0.15, 0.2) is 0 Å². The van der Waals surface area contributed by atoms with Crippen LogP contribution >= 0.6 is 0 Å². The van der Waals surface area contributed by atoms with Crippen LogP contribution in [0.2, 0.25) is 0 Å². The lowest BCUT2D eigenvalue weighted by atomic mass is 10.1. The Labute approximate surface area is 130 Å². The summed E-state index contributed by atoms with van der Waals surface area (Å²) in [4.78, 5) is 23.1. The van der Waals surface area contributed by atoms with E-state index in [2.05, 4.69) is 24.5 Å². The molecule has 0 aliphatic heterocycles. The Morgan fingerprint density at radius 1 is 0.619 bits per heavy atom. The van der Waals surface area contributed by atoms with Gasteiger partial charge < -0.3 is 10.6 Å². The lowest BCUT2D eigenvalue weighted by molar-refractivity contribution is -0.129. The third kappa shape index (κ3) is 15.2. The van der Waals surface area contributed by atoms with Gasteiger partial charge in [0.1, 0.15) is 6.42 Å². The highest BCUT2D eigenvalue weighted by Gasteiger charge is 2.07. The predicted molar refractivity (Wildman–Crippen MR) is 88.2 cm³/mol. The number of hydrogen-bond donors (Lipinski definition) is 2. The Kier molecular flexibility index (Phi) is 14.6. The monoisotopic (exact) mass is 298 g/mol. The van der Waals surface area contributed by atoms with E-state index in [1.807, 2.05) is 0 Å². The summed E-state index contributed by atoms with van der Waals surface area (Å²) in [5.41, 5.74) is 0. The molecule has 4 heteroatoms. The molecule has 0 heterocycles. The molecule has 0 aromatic rings.